The Hall–Kier alpha value is -1.43. The van der Waals surface area contributed by atoms with Crippen LogP contribution in [0.1, 0.15) is 19.2 Å². The summed E-state index contributed by atoms with van der Waals surface area (Å²) >= 11 is 5.95. The summed E-state index contributed by atoms with van der Waals surface area (Å²) in [4.78, 5) is 6.52. The number of nitrogens with zero attached hydrogens (tertiary/aromatic N) is 3. The van der Waals surface area contributed by atoms with E-state index >= 15 is 0 Å². The average molecular weight is 296 g/mol. The first-order valence-corrected chi connectivity index (χ1v) is 7.02. The van der Waals surface area contributed by atoms with Crippen molar-refractivity contribution in [2.24, 2.45) is 0 Å². The normalized spacial score (nSPS) is 11.2. The fraction of sp³-hybridized carbons (Fsp3) is 0.429. The summed E-state index contributed by atoms with van der Waals surface area (Å²) in [7, 11) is 0. The second-order valence-electron chi connectivity index (χ2n) is 4.47. The Balaban J connectivity index is 2.05. The minimum absolute atomic E-state index is 0.189. The Bertz CT molecular complexity index is 545. The quantitative estimate of drug-likeness (QED) is 0.850. The topological polar surface area (TPSA) is 62.4 Å². The van der Waals surface area contributed by atoms with Crippen LogP contribution in [0.25, 0.3) is 11.4 Å². The molecule has 0 spiro atoms. The van der Waals surface area contributed by atoms with Gasteiger partial charge >= 0.3 is 0 Å². The molecule has 0 amide bonds. The molecule has 0 aliphatic heterocycles. The molecule has 0 bridgehead atoms. The zero-order valence-corrected chi connectivity index (χ0v) is 12.2. The average Bonchev–Trinajstić information content (AvgIpc) is 2.92. The molecule has 1 N–H and O–H groups in total. The van der Waals surface area contributed by atoms with Gasteiger partial charge in [-0.2, -0.15) is 4.98 Å². The van der Waals surface area contributed by atoms with Gasteiger partial charge in [-0.1, -0.05) is 35.8 Å². The molecule has 0 aliphatic carbocycles. The first-order valence-electron chi connectivity index (χ1n) is 6.64. The maximum absolute atomic E-state index is 8.86. The van der Waals surface area contributed by atoms with E-state index < -0.39 is 0 Å². The van der Waals surface area contributed by atoms with Crippen LogP contribution in [-0.4, -0.2) is 39.8 Å². The molecule has 0 aliphatic rings. The molecule has 1 heterocycles. The van der Waals surface area contributed by atoms with Crippen LogP contribution in [0.2, 0.25) is 5.02 Å². The lowest BCUT2D eigenvalue weighted by Crippen LogP contribution is -2.24. The molecule has 0 radical (unpaired) electrons. The molecule has 2 rings (SSSR count). The molecule has 5 nitrogen and oxygen atoms in total. The smallest absolute Gasteiger partial charge is 0.241 e. The van der Waals surface area contributed by atoms with Crippen LogP contribution in [0, 0.1) is 0 Å². The Morgan fingerprint density at radius 1 is 1.40 bits per heavy atom. The van der Waals surface area contributed by atoms with E-state index in [0.29, 0.717) is 23.3 Å². The third-order valence-corrected chi connectivity index (χ3v) is 3.22. The number of aliphatic hydroxyl groups is 1. The van der Waals surface area contributed by atoms with Crippen molar-refractivity contribution in [3.63, 3.8) is 0 Å². The molecule has 6 heteroatoms. The predicted octanol–water partition coefficient (Wildman–Crippen LogP) is 2.59. The maximum Gasteiger partial charge on any atom is 0.241 e. The molecule has 0 atom stereocenters. The van der Waals surface area contributed by atoms with Gasteiger partial charge in [-0.05, 0) is 25.1 Å². The highest BCUT2D eigenvalue weighted by Gasteiger charge is 2.12. The van der Waals surface area contributed by atoms with Gasteiger partial charge in [0.15, 0.2) is 0 Å². The summed E-state index contributed by atoms with van der Waals surface area (Å²) in [6, 6.07) is 7.36. The summed E-state index contributed by atoms with van der Waals surface area (Å²) in [6.45, 7) is 4.51. The molecule has 2 aromatic rings. The molecule has 0 fully saturated rings. The van der Waals surface area contributed by atoms with Gasteiger partial charge in [0.2, 0.25) is 11.7 Å². The third kappa shape index (κ3) is 4.03. The number of aliphatic hydroxyl groups excluding tert-OH is 1. The van der Waals surface area contributed by atoms with Crippen LogP contribution < -0.4 is 0 Å². The molecular formula is C14H18ClN3O2. The van der Waals surface area contributed by atoms with Gasteiger partial charge in [0.25, 0.3) is 0 Å². The molecule has 108 valence electrons. The van der Waals surface area contributed by atoms with Crippen molar-refractivity contribution in [1.29, 1.82) is 0 Å². The largest absolute Gasteiger partial charge is 0.396 e. The van der Waals surface area contributed by atoms with Crippen molar-refractivity contribution in [2.45, 2.75) is 19.9 Å². The SMILES string of the molecule is CCN(CCCO)Cc1nc(-c2cccc(Cl)c2)no1. The van der Waals surface area contributed by atoms with Gasteiger partial charge in [-0.3, -0.25) is 4.90 Å². The molecule has 1 aromatic heterocycles. The molecule has 20 heavy (non-hydrogen) atoms. The fourth-order valence-corrected chi connectivity index (χ4v) is 2.09. The number of rotatable bonds is 7. The Kier molecular flexibility index (Phi) is 5.52. The van der Waals surface area contributed by atoms with Crippen molar-refractivity contribution >= 4 is 11.6 Å². The van der Waals surface area contributed by atoms with Gasteiger partial charge in [0.1, 0.15) is 0 Å². The highest BCUT2D eigenvalue weighted by atomic mass is 35.5. The Labute approximate surface area is 123 Å². The van der Waals surface area contributed by atoms with E-state index in [1.165, 1.54) is 0 Å². The summed E-state index contributed by atoms with van der Waals surface area (Å²) in [5.41, 5.74) is 0.839. The van der Waals surface area contributed by atoms with Crippen molar-refractivity contribution in [1.82, 2.24) is 15.0 Å². The summed E-state index contributed by atoms with van der Waals surface area (Å²) in [6.07, 6.45) is 0.739. The van der Waals surface area contributed by atoms with Crippen LogP contribution in [0.4, 0.5) is 0 Å². The van der Waals surface area contributed by atoms with E-state index in [4.69, 9.17) is 21.2 Å². The van der Waals surface area contributed by atoms with Crippen LogP contribution in [-0.2, 0) is 6.54 Å². The number of hydrogen-bond donors (Lipinski definition) is 1. The number of hydrogen-bond acceptors (Lipinski definition) is 5. The summed E-state index contributed by atoms with van der Waals surface area (Å²) in [5.74, 6) is 1.11. The first kappa shape index (κ1) is 15.0. The Morgan fingerprint density at radius 2 is 2.25 bits per heavy atom. The highest BCUT2D eigenvalue weighted by Crippen LogP contribution is 2.20. The highest BCUT2D eigenvalue weighted by molar-refractivity contribution is 6.30. The molecule has 0 unspecified atom stereocenters. The minimum atomic E-state index is 0.189. The fourth-order valence-electron chi connectivity index (χ4n) is 1.90. The van der Waals surface area contributed by atoms with E-state index in [1.807, 2.05) is 12.1 Å². The number of benzene rings is 1. The number of aromatic nitrogens is 2. The van der Waals surface area contributed by atoms with E-state index in [1.54, 1.807) is 12.1 Å². The van der Waals surface area contributed by atoms with Gasteiger partial charge in [0, 0.05) is 23.7 Å². The van der Waals surface area contributed by atoms with Crippen LogP contribution in [0.3, 0.4) is 0 Å². The second-order valence-corrected chi connectivity index (χ2v) is 4.90. The summed E-state index contributed by atoms with van der Waals surface area (Å²) < 4.78 is 5.26. The second kappa shape index (κ2) is 7.38. The van der Waals surface area contributed by atoms with Crippen molar-refractivity contribution in [3.05, 3.63) is 35.2 Å². The first-order chi connectivity index (χ1) is 9.72. The zero-order chi connectivity index (χ0) is 14.4. The van der Waals surface area contributed by atoms with Gasteiger partial charge < -0.3 is 9.63 Å². The van der Waals surface area contributed by atoms with E-state index in [0.717, 1.165) is 25.1 Å². The van der Waals surface area contributed by atoms with Crippen LogP contribution in [0.5, 0.6) is 0 Å². The molecular weight excluding hydrogens is 278 g/mol. The Morgan fingerprint density at radius 3 is 2.95 bits per heavy atom. The lowest BCUT2D eigenvalue weighted by Gasteiger charge is -2.16. The van der Waals surface area contributed by atoms with E-state index in [9.17, 15) is 0 Å². The lowest BCUT2D eigenvalue weighted by atomic mass is 10.2. The minimum Gasteiger partial charge on any atom is -0.396 e. The summed E-state index contributed by atoms with van der Waals surface area (Å²) in [5, 5.41) is 13.5. The standard InChI is InChI=1S/C14H18ClN3O2/c1-2-18(7-4-8-19)10-13-16-14(17-20-13)11-5-3-6-12(15)9-11/h3,5-6,9,19H,2,4,7-8,10H2,1H3. The van der Waals surface area contributed by atoms with Crippen molar-refractivity contribution < 1.29 is 9.63 Å². The van der Waals surface area contributed by atoms with Gasteiger partial charge in [-0.15, -0.1) is 0 Å². The zero-order valence-electron chi connectivity index (χ0n) is 11.4. The van der Waals surface area contributed by atoms with Gasteiger partial charge in [-0.25, -0.2) is 0 Å². The van der Waals surface area contributed by atoms with Crippen molar-refractivity contribution in [2.75, 3.05) is 19.7 Å². The lowest BCUT2D eigenvalue weighted by molar-refractivity contribution is 0.205. The number of halogens is 1. The van der Waals surface area contributed by atoms with Crippen LogP contribution >= 0.6 is 11.6 Å². The maximum atomic E-state index is 8.86. The molecule has 0 saturated heterocycles. The predicted molar refractivity (Wildman–Crippen MR) is 77.4 cm³/mol. The van der Waals surface area contributed by atoms with Gasteiger partial charge in [0.05, 0.1) is 6.54 Å². The van der Waals surface area contributed by atoms with E-state index in [-0.39, 0.29) is 6.61 Å². The molecule has 0 saturated carbocycles. The third-order valence-electron chi connectivity index (χ3n) is 2.99. The molecule has 1 aromatic carbocycles. The van der Waals surface area contributed by atoms with Crippen LogP contribution in [0.15, 0.2) is 28.8 Å². The monoisotopic (exact) mass is 295 g/mol. The van der Waals surface area contributed by atoms with E-state index in [2.05, 4.69) is 22.0 Å². The van der Waals surface area contributed by atoms with Crippen molar-refractivity contribution in [3.8, 4) is 11.4 Å².